The number of amides is 1. The maximum atomic E-state index is 12.9. The van der Waals surface area contributed by atoms with Crippen molar-refractivity contribution in [2.24, 2.45) is 0 Å². The lowest BCUT2D eigenvalue weighted by molar-refractivity contribution is -0.117. The smallest absolute Gasteiger partial charge is 0.275 e. The van der Waals surface area contributed by atoms with Crippen LogP contribution in [0.1, 0.15) is 16.8 Å². The molecule has 0 spiro atoms. The summed E-state index contributed by atoms with van der Waals surface area (Å²) in [4.78, 5) is 29.6. The molecule has 7 nitrogen and oxygen atoms in total. The number of aromatic nitrogens is 3. The fraction of sp³-hybridized carbons (Fsp3) is 0.0870. The van der Waals surface area contributed by atoms with Crippen LogP contribution in [0.15, 0.2) is 77.9 Å². The quantitative estimate of drug-likeness (QED) is 0.560. The highest BCUT2D eigenvalue weighted by molar-refractivity contribution is 5.92. The van der Waals surface area contributed by atoms with Gasteiger partial charge in [0.1, 0.15) is 12.6 Å². The number of nitrogens with zero attached hydrogens (tertiary/aromatic N) is 4. The molecule has 1 amide bonds. The summed E-state index contributed by atoms with van der Waals surface area (Å²) < 4.78 is 1.17. The van der Waals surface area contributed by atoms with Crippen LogP contribution in [0.3, 0.4) is 0 Å². The predicted molar refractivity (Wildman–Crippen MR) is 113 cm³/mol. The van der Waals surface area contributed by atoms with Gasteiger partial charge in [0, 0.05) is 24.2 Å². The molecule has 0 bridgehead atoms. The molecule has 0 unspecified atom stereocenters. The summed E-state index contributed by atoms with van der Waals surface area (Å²) in [6.45, 7) is -0.260. The summed E-state index contributed by atoms with van der Waals surface area (Å²) in [6.07, 6.45) is 3.92. The zero-order valence-electron chi connectivity index (χ0n) is 15.9. The summed E-state index contributed by atoms with van der Waals surface area (Å²) in [5.74, 6) is -0.435. The van der Waals surface area contributed by atoms with E-state index < -0.39 is 5.91 Å². The van der Waals surface area contributed by atoms with Gasteiger partial charge in [0.25, 0.3) is 5.56 Å². The number of hydrogen-bond donors (Lipinski definition) is 1. The largest absolute Gasteiger partial charge is 0.323 e. The first-order valence-corrected chi connectivity index (χ1v) is 9.32. The summed E-state index contributed by atoms with van der Waals surface area (Å²) in [7, 11) is 0. The molecule has 0 saturated carbocycles. The van der Waals surface area contributed by atoms with Crippen molar-refractivity contribution in [2.75, 3.05) is 5.32 Å². The van der Waals surface area contributed by atoms with Gasteiger partial charge in [0.05, 0.1) is 22.3 Å². The molecule has 2 heterocycles. The number of benzene rings is 2. The Morgan fingerprint density at radius 1 is 1.03 bits per heavy atom. The van der Waals surface area contributed by atoms with Crippen LogP contribution in [-0.4, -0.2) is 20.7 Å². The van der Waals surface area contributed by atoms with Crippen molar-refractivity contribution < 1.29 is 4.79 Å². The molecule has 2 aromatic carbocycles. The fourth-order valence-electron chi connectivity index (χ4n) is 3.25. The van der Waals surface area contributed by atoms with E-state index in [0.29, 0.717) is 28.8 Å². The first kappa shape index (κ1) is 19.0. The standard InChI is InChI=1S/C23H17N5O2/c24-13-17-7-1-4-10-20(17)26-22(29)15-28-23(30)19-9-3-2-8-18(19)21(27-28)12-16-6-5-11-25-14-16/h1-11,14H,12,15H2,(H,26,29). The van der Waals surface area contributed by atoms with Crippen LogP contribution < -0.4 is 10.9 Å². The van der Waals surface area contributed by atoms with Crippen molar-refractivity contribution in [3.8, 4) is 6.07 Å². The minimum atomic E-state index is -0.435. The molecule has 0 fully saturated rings. The summed E-state index contributed by atoms with van der Waals surface area (Å²) in [5.41, 5.74) is 2.04. The number of fused-ring (bicyclic) bond motifs is 1. The molecule has 4 aromatic rings. The van der Waals surface area contributed by atoms with E-state index >= 15 is 0 Å². The SMILES string of the molecule is N#Cc1ccccc1NC(=O)Cn1nc(Cc2cccnc2)c2ccccc2c1=O. The van der Waals surface area contributed by atoms with Crippen LogP contribution in [-0.2, 0) is 17.8 Å². The van der Waals surface area contributed by atoms with Crippen molar-refractivity contribution in [1.82, 2.24) is 14.8 Å². The van der Waals surface area contributed by atoms with Gasteiger partial charge in [-0.25, -0.2) is 4.68 Å². The zero-order valence-corrected chi connectivity index (χ0v) is 15.9. The molecule has 0 atom stereocenters. The highest BCUT2D eigenvalue weighted by atomic mass is 16.2. The van der Waals surface area contributed by atoms with Gasteiger partial charge in [0.2, 0.25) is 5.91 Å². The van der Waals surface area contributed by atoms with Crippen molar-refractivity contribution in [2.45, 2.75) is 13.0 Å². The number of hydrogen-bond acceptors (Lipinski definition) is 5. The third-order valence-electron chi connectivity index (χ3n) is 4.65. The lowest BCUT2D eigenvalue weighted by atomic mass is 10.1. The number of pyridine rings is 1. The van der Waals surface area contributed by atoms with Crippen LogP contribution >= 0.6 is 0 Å². The van der Waals surface area contributed by atoms with E-state index in [9.17, 15) is 14.9 Å². The second kappa shape index (κ2) is 8.37. The van der Waals surface area contributed by atoms with Crippen LogP contribution in [0.2, 0.25) is 0 Å². The normalized spacial score (nSPS) is 10.5. The minimum absolute atomic E-state index is 0.260. The Kier molecular flexibility index (Phi) is 5.31. The summed E-state index contributed by atoms with van der Waals surface area (Å²) in [6, 6.07) is 19.7. The van der Waals surface area contributed by atoms with Crippen molar-refractivity contribution in [3.05, 3.63) is 100 Å². The molecule has 7 heteroatoms. The second-order valence-electron chi connectivity index (χ2n) is 6.70. The van der Waals surface area contributed by atoms with Crippen molar-refractivity contribution in [3.63, 3.8) is 0 Å². The molecular formula is C23H17N5O2. The van der Waals surface area contributed by atoms with Gasteiger partial charge in [-0.15, -0.1) is 0 Å². The number of anilines is 1. The Bertz CT molecular complexity index is 1320. The number of para-hydroxylation sites is 1. The van der Waals surface area contributed by atoms with E-state index in [1.54, 1.807) is 48.8 Å². The third-order valence-corrected chi connectivity index (χ3v) is 4.65. The first-order chi connectivity index (χ1) is 14.7. The van der Waals surface area contributed by atoms with E-state index in [0.717, 1.165) is 10.9 Å². The minimum Gasteiger partial charge on any atom is -0.323 e. The van der Waals surface area contributed by atoms with Gasteiger partial charge in [-0.2, -0.15) is 10.4 Å². The summed E-state index contributed by atoms with van der Waals surface area (Å²) >= 11 is 0. The Morgan fingerprint density at radius 2 is 1.80 bits per heavy atom. The molecular weight excluding hydrogens is 378 g/mol. The molecule has 4 rings (SSSR count). The maximum absolute atomic E-state index is 12.9. The van der Waals surface area contributed by atoms with Crippen LogP contribution in [0.25, 0.3) is 10.8 Å². The maximum Gasteiger partial charge on any atom is 0.275 e. The zero-order chi connectivity index (χ0) is 20.9. The number of nitriles is 1. The molecule has 0 aliphatic rings. The van der Waals surface area contributed by atoms with Gasteiger partial charge >= 0.3 is 0 Å². The molecule has 1 N–H and O–H groups in total. The van der Waals surface area contributed by atoms with E-state index in [2.05, 4.69) is 15.4 Å². The lowest BCUT2D eigenvalue weighted by Crippen LogP contribution is -2.31. The number of carbonyl (C=O) groups excluding carboxylic acids is 1. The predicted octanol–water partition coefficient (Wildman–Crippen LogP) is 2.89. The lowest BCUT2D eigenvalue weighted by Gasteiger charge is -2.12. The third kappa shape index (κ3) is 3.93. The van der Waals surface area contributed by atoms with Crippen molar-refractivity contribution >= 4 is 22.4 Å². The highest BCUT2D eigenvalue weighted by Crippen LogP contribution is 2.17. The Morgan fingerprint density at radius 3 is 2.57 bits per heavy atom. The highest BCUT2D eigenvalue weighted by Gasteiger charge is 2.14. The van der Waals surface area contributed by atoms with Gasteiger partial charge < -0.3 is 5.32 Å². The van der Waals surface area contributed by atoms with Gasteiger partial charge in [-0.1, -0.05) is 36.4 Å². The van der Waals surface area contributed by atoms with E-state index in [1.165, 1.54) is 4.68 Å². The van der Waals surface area contributed by atoms with E-state index in [4.69, 9.17) is 0 Å². The average Bonchev–Trinajstić information content (AvgIpc) is 2.78. The molecule has 0 aliphatic carbocycles. The van der Waals surface area contributed by atoms with Crippen LogP contribution in [0.5, 0.6) is 0 Å². The van der Waals surface area contributed by atoms with Gasteiger partial charge in [0.15, 0.2) is 0 Å². The van der Waals surface area contributed by atoms with Gasteiger partial charge in [-0.05, 0) is 29.8 Å². The van der Waals surface area contributed by atoms with Crippen LogP contribution in [0.4, 0.5) is 5.69 Å². The van der Waals surface area contributed by atoms with E-state index in [1.807, 2.05) is 30.3 Å². The van der Waals surface area contributed by atoms with Crippen molar-refractivity contribution in [1.29, 1.82) is 5.26 Å². The first-order valence-electron chi connectivity index (χ1n) is 9.32. The molecule has 0 aliphatic heterocycles. The fourth-order valence-corrected chi connectivity index (χ4v) is 3.25. The Hall–Kier alpha value is -4.31. The monoisotopic (exact) mass is 395 g/mol. The number of nitrogens with one attached hydrogen (secondary N) is 1. The Balaban J connectivity index is 1.68. The Labute approximate surface area is 172 Å². The summed E-state index contributed by atoms with van der Waals surface area (Å²) in [5, 5.41) is 17.6. The molecule has 0 radical (unpaired) electrons. The molecule has 0 saturated heterocycles. The number of rotatable bonds is 5. The van der Waals surface area contributed by atoms with E-state index in [-0.39, 0.29) is 12.1 Å². The molecule has 146 valence electrons. The average molecular weight is 395 g/mol. The van der Waals surface area contributed by atoms with Crippen LogP contribution in [0, 0.1) is 11.3 Å². The topological polar surface area (TPSA) is 101 Å². The second-order valence-corrected chi connectivity index (χ2v) is 6.70. The van der Waals surface area contributed by atoms with Gasteiger partial charge in [-0.3, -0.25) is 14.6 Å². The molecule has 2 aromatic heterocycles. The molecule has 30 heavy (non-hydrogen) atoms. The number of carbonyl (C=O) groups is 1.